The first-order valence-electron chi connectivity index (χ1n) is 13.6. The van der Waals surface area contributed by atoms with E-state index >= 15 is 0 Å². The standard InChI is InChI=1S/C30H33BrF3N3O3/c1-3-19-16-22(9-10-24(19)35-2)40-21-11-13-29(14-12-21)27-23(31)7-4-8-25(27)37(28(29)39)18-26(38)36-15-5-6-20(36)17-30(32,33)34/h3-4,7-10,16,20-21,35H,1,5-6,11-15,17-18H2,2H3. The molecule has 1 aliphatic carbocycles. The molecule has 6 nitrogen and oxygen atoms in total. The molecular formula is C30H33BrF3N3O3. The minimum atomic E-state index is -4.35. The van der Waals surface area contributed by atoms with Crippen molar-refractivity contribution in [1.29, 1.82) is 0 Å². The number of nitrogens with zero attached hydrogens (tertiary/aromatic N) is 2. The highest BCUT2D eigenvalue weighted by Crippen LogP contribution is 2.53. The first-order valence-corrected chi connectivity index (χ1v) is 14.4. The number of fused-ring (bicyclic) bond motifs is 2. The first-order chi connectivity index (χ1) is 19.1. The van der Waals surface area contributed by atoms with Crippen LogP contribution in [0.2, 0.25) is 0 Å². The second-order valence-electron chi connectivity index (χ2n) is 10.8. The summed E-state index contributed by atoms with van der Waals surface area (Å²) in [7, 11) is 1.85. The van der Waals surface area contributed by atoms with Crippen molar-refractivity contribution in [3.63, 3.8) is 0 Å². The fraction of sp³-hybridized carbons (Fsp3) is 0.467. The van der Waals surface area contributed by atoms with E-state index in [0.717, 1.165) is 27.0 Å². The maximum atomic E-state index is 14.1. The zero-order chi connectivity index (χ0) is 28.7. The van der Waals surface area contributed by atoms with Gasteiger partial charge < -0.3 is 19.9 Å². The highest BCUT2D eigenvalue weighted by atomic mass is 79.9. The van der Waals surface area contributed by atoms with Crippen molar-refractivity contribution in [3.8, 4) is 5.75 Å². The topological polar surface area (TPSA) is 61.9 Å². The molecule has 1 saturated carbocycles. The minimum absolute atomic E-state index is 0.0779. The Hall–Kier alpha value is -3.01. The number of hydrogen-bond acceptors (Lipinski definition) is 4. The van der Waals surface area contributed by atoms with Crippen LogP contribution in [0.1, 0.15) is 56.1 Å². The highest BCUT2D eigenvalue weighted by molar-refractivity contribution is 9.10. The largest absolute Gasteiger partial charge is 0.490 e. The Balaban J connectivity index is 1.33. The molecule has 2 amide bonds. The number of hydrogen-bond donors (Lipinski definition) is 1. The second kappa shape index (κ2) is 11.1. The second-order valence-corrected chi connectivity index (χ2v) is 11.7. The molecule has 1 atom stereocenters. The molecule has 2 aliphatic heterocycles. The molecule has 40 heavy (non-hydrogen) atoms. The van der Waals surface area contributed by atoms with E-state index in [4.69, 9.17) is 4.74 Å². The lowest BCUT2D eigenvalue weighted by Crippen LogP contribution is -2.49. The lowest BCUT2D eigenvalue weighted by atomic mass is 9.69. The van der Waals surface area contributed by atoms with E-state index in [9.17, 15) is 22.8 Å². The molecule has 214 valence electrons. The minimum Gasteiger partial charge on any atom is -0.490 e. The summed E-state index contributed by atoms with van der Waals surface area (Å²) in [6.45, 7) is 3.88. The van der Waals surface area contributed by atoms with E-state index in [-0.39, 0.29) is 25.1 Å². The molecule has 1 saturated heterocycles. The molecule has 2 aromatic rings. The van der Waals surface area contributed by atoms with E-state index in [1.54, 1.807) is 6.08 Å². The van der Waals surface area contributed by atoms with Crippen LogP contribution in [0.25, 0.3) is 6.08 Å². The molecule has 2 heterocycles. The fourth-order valence-electron chi connectivity index (χ4n) is 6.58. The molecule has 3 aliphatic rings. The van der Waals surface area contributed by atoms with Crippen LogP contribution in [0.15, 0.2) is 47.4 Å². The van der Waals surface area contributed by atoms with Crippen LogP contribution in [0.4, 0.5) is 24.5 Å². The van der Waals surface area contributed by atoms with Gasteiger partial charge in [0.1, 0.15) is 12.3 Å². The maximum Gasteiger partial charge on any atom is 0.391 e. The maximum absolute atomic E-state index is 14.1. The number of anilines is 2. The molecule has 1 spiro atoms. The zero-order valence-corrected chi connectivity index (χ0v) is 24.0. The molecule has 10 heteroatoms. The van der Waals surface area contributed by atoms with Gasteiger partial charge in [-0.15, -0.1) is 0 Å². The highest BCUT2D eigenvalue weighted by Gasteiger charge is 2.54. The van der Waals surface area contributed by atoms with E-state index < -0.39 is 30.0 Å². The van der Waals surface area contributed by atoms with Crippen LogP contribution in [0, 0.1) is 0 Å². The summed E-state index contributed by atoms with van der Waals surface area (Å²) in [5.41, 5.74) is 2.58. The van der Waals surface area contributed by atoms with Gasteiger partial charge in [0.15, 0.2) is 0 Å². The Labute approximate surface area is 240 Å². The van der Waals surface area contributed by atoms with E-state index in [0.29, 0.717) is 44.2 Å². The third-order valence-corrected chi connectivity index (χ3v) is 9.14. The molecular weight excluding hydrogens is 587 g/mol. The van der Waals surface area contributed by atoms with Crippen LogP contribution < -0.4 is 15.0 Å². The van der Waals surface area contributed by atoms with Crippen molar-refractivity contribution < 1.29 is 27.5 Å². The Morgan fingerprint density at radius 1 is 1.23 bits per heavy atom. The van der Waals surface area contributed by atoms with Crippen LogP contribution in [-0.4, -0.2) is 55.2 Å². The van der Waals surface area contributed by atoms with Crippen LogP contribution in [0.5, 0.6) is 5.75 Å². The van der Waals surface area contributed by atoms with Gasteiger partial charge >= 0.3 is 6.18 Å². The monoisotopic (exact) mass is 619 g/mol. The Bertz CT molecular complexity index is 1310. The predicted octanol–water partition coefficient (Wildman–Crippen LogP) is 6.68. The molecule has 0 radical (unpaired) electrons. The summed E-state index contributed by atoms with van der Waals surface area (Å²) in [5, 5.41) is 3.13. The van der Waals surface area contributed by atoms with Gasteiger partial charge in [0.2, 0.25) is 11.8 Å². The van der Waals surface area contributed by atoms with E-state index in [1.807, 2.05) is 43.4 Å². The van der Waals surface area contributed by atoms with Crippen molar-refractivity contribution in [1.82, 2.24) is 4.90 Å². The Kier molecular flexibility index (Phi) is 7.92. The van der Waals surface area contributed by atoms with Gasteiger partial charge in [-0.3, -0.25) is 9.59 Å². The van der Waals surface area contributed by atoms with Crippen molar-refractivity contribution in [2.45, 2.75) is 68.7 Å². The lowest BCUT2D eigenvalue weighted by Gasteiger charge is -2.37. The SMILES string of the molecule is C=Cc1cc(OC2CCC3(CC2)C(=O)N(CC(=O)N2CCCC2CC(F)(F)F)c2cccc(Br)c23)ccc1NC. The number of ether oxygens (including phenoxy) is 1. The Morgan fingerprint density at radius 3 is 2.65 bits per heavy atom. The summed E-state index contributed by atoms with van der Waals surface area (Å²) in [4.78, 5) is 30.1. The number of alkyl halides is 3. The molecule has 0 aromatic heterocycles. The molecule has 2 fully saturated rings. The summed E-state index contributed by atoms with van der Waals surface area (Å²) < 4.78 is 46.4. The van der Waals surface area contributed by atoms with Crippen LogP contribution in [0.3, 0.4) is 0 Å². The number of benzene rings is 2. The van der Waals surface area contributed by atoms with Crippen molar-refractivity contribution in [2.75, 3.05) is 30.4 Å². The van der Waals surface area contributed by atoms with Crippen LogP contribution in [-0.2, 0) is 15.0 Å². The van der Waals surface area contributed by atoms with Gasteiger partial charge in [0.25, 0.3) is 0 Å². The number of likely N-dealkylation sites (tertiary alicyclic amines) is 1. The first kappa shape index (κ1) is 28.5. The van der Waals surface area contributed by atoms with Crippen molar-refractivity contribution >= 4 is 45.2 Å². The third-order valence-electron chi connectivity index (χ3n) is 8.47. The molecule has 0 bridgehead atoms. The average molecular weight is 621 g/mol. The van der Waals surface area contributed by atoms with E-state index in [1.165, 1.54) is 9.80 Å². The van der Waals surface area contributed by atoms with E-state index in [2.05, 4.69) is 27.8 Å². The number of halogens is 4. The Morgan fingerprint density at radius 2 is 1.98 bits per heavy atom. The quantitative estimate of drug-likeness (QED) is 0.375. The van der Waals surface area contributed by atoms with Gasteiger partial charge in [0.05, 0.1) is 17.9 Å². The zero-order valence-electron chi connectivity index (χ0n) is 22.4. The number of carbonyl (C=O) groups is 2. The van der Waals surface area contributed by atoms with Crippen molar-refractivity contribution in [2.24, 2.45) is 0 Å². The lowest BCUT2D eigenvalue weighted by molar-refractivity contribution is -0.151. The van der Waals surface area contributed by atoms with Gasteiger partial charge in [-0.25, -0.2) is 0 Å². The normalized spacial score (nSPS) is 24.4. The smallest absolute Gasteiger partial charge is 0.391 e. The van der Waals surface area contributed by atoms with Crippen molar-refractivity contribution in [3.05, 3.63) is 58.6 Å². The van der Waals surface area contributed by atoms with Gasteiger partial charge in [-0.05, 0) is 68.9 Å². The van der Waals surface area contributed by atoms with Gasteiger partial charge in [0, 0.05) is 46.6 Å². The van der Waals surface area contributed by atoms with Gasteiger partial charge in [-0.2, -0.15) is 13.2 Å². The molecule has 2 aromatic carbocycles. The summed E-state index contributed by atoms with van der Waals surface area (Å²) in [5.74, 6) is 0.128. The average Bonchev–Trinajstić information content (AvgIpc) is 3.46. The summed E-state index contributed by atoms with van der Waals surface area (Å²) in [6.07, 6.45) is -0.460. The summed E-state index contributed by atoms with van der Waals surface area (Å²) >= 11 is 3.64. The number of nitrogens with one attached hydrogen (secondary N) is 1. The fourth-order valence-corrected chi connectivity index (χ4v) is 7.32. The summed E-state index contributed by atoms with van der Waals surface area (Å²) in [6, 6.07) is 10.4. The third kappa shape index (κ3) is 5.34. The van der Waals surface area contributed by atoms with Crippen LogP contribution >= 0.6 is 15.9 Å². The number of amides is 2. The molecule has 1 unspecified atom stereocenters. The van der Waals surface area contributed by atoms with Gasteiger partial charge in [-0.1, -0.05) is 34.7 Å². The predicted molar refractivity (Wildman–Crippen MR) is 153 cm³/mol. The molecule has 1 N–H and O–H groups in total. The molecule has 5 rings (SSSR count). The number of carbonyl (C=O) groups excluding carboxylic acids is 2. The number of rotatable bonds is 7.